The van der Waals surface area contributed by atoms with Gasteiger partial charge >= 0.3 is 29.8 Å². The summed E-state index contributed by atoms with van der Waals surface area (Å²) in [7, 11) is 2.54. The Balaban J connectivity index is 1.61. The second-order valence-corrected chi connectivity index (χ2v) is 10.7. The predicted octanol–water partition coefficient (Wildman–Crippen LogP) is 2.69. The van der Waals surface area contributed by atoms with Crippen LogP contribution in [0.5, 0.6) is 23.0 Å². The third-order valence-corrected chi connectivity index (χ3v) is 7.62. The second-order valence-electron chi connectivity index (χ2n) is 10.7. The number of carboxylic acids is 1. The molecule has 2 aromatic carbocycles. The van der Waals surface area contributed by atoms with Crippen LogP contribution in [-0.4, -0.2) is 73.3 Å². The Morgan fingerprint density at radius 1 is 0.733 bits per heavy atom. The van der Waals surface area contributed by atoms with Gasteiger partial charge in [-0.2, -0.15) is 0 Å². The summed E-state index contributed by atoms with van der Waals surface area (Å²) in [6.07, 6.45) is -0.808. The van der Waals surface area contributed by atoms with Gasteiger partial charge in [0.15, 0.2) is 23.0 Å². The molecule has 0 heterocycles. The van der Waals surface area contributed by atoms with Crippen LogP contribution >= 0.6 is 0 Å². The van der Waals surface area contributed by atoms with Gasteiger partial charge in [-0.25, -0.2) is 14.4 Å². The number of carbonyl (C=O) groups excluding carboxylic acids is 5. The highest BCUT2D eigenvalue weighted by Gasteiger charge is 2.45. The number of ether oxygens (including phenoxy) is 6. The topological polar surface area (TPSA) is 190 Å². The summed E-state index contributed by atoms with van der Waals surface area (Å²) in [5, 5.41) is 12.9. The lowest BCUT2D eigenvalue weighted by Gasteiger charge is -2.28. The van der Waals surface area contributed by atoms with Crippen molar-refractivity contribution in [1.29, 1.82) is 0 Å². The number of carbonyl (C=O) groups is 6. The van der Waals surface area contributed by atoms with Crippen LogP contribution in [0, 0.1) is 11.8 Å². The normalized spacial score (nSPS) is 19.4. The monoisotopic (exact) mass is 627 g/mol. The van der Waals surface area contributed by atoms with Gasteiger partial charge in [-0.15, -0.1) is 0 Å². The molecule has 240 valence electrons. The molecular formula is C31H33NO13. The molecule has 0 radical (unpaired) electrons. The van der Waals surface area contributed by atoms with Gasteiger partial charge in [0.1, 0.15) is 0 Å². The van der Waals surface area contributed by atoms with Crippen LogP contribution in [-0.2, 0) is 28.7 Å². The van der Waals surface area contributed by atoms with Gasteiger partial charge in [-0.1, -0.05) is 6.42 Å². The number of methoxy groups -OCH3 is 2. The lowest BCUT2D eigenvalue weighted by atomic mass is 9.95. The van der Waals surface area contributed by atoms with Gasteiger partial charge in [0.2, 0.25) is 12.2 Å². The summed E-state index contributed by atoms with van der Waals surface area (Å²) in [6, 6.07) is 7.03. The summed E-state index contributed by atoms with van der Waals surface area (Å²) < 4.78 is 31.1. The van der Waals surface area contributed by atoms with Gasteiger partial charge in [-0.3, -0.25) is 14.4 Å². The molecule has 2 aliphatic carbocycles. The van der Waals surface area contributed by atoms with E-state index in [4.69, 9.17) is 28.4 Å². The minimum atomic E-state index is -2.26. The van der Waals surface area contributed by atoms with E-state index in [2.05, 4.69) is 5.32 Å². The number of esters is 4. The molecule has 4 rings (SSSR count). The molecule has 2 saturated carbocycles. The maximum Gasteiger partial charge on any atom is 0.349 e. The van der Waals surface area contributed by atoms with Gasteiger partial charge in [0.05, 0.1) is 25.3 Å². The molecule has 0 unspecified atom stereocenters. The van der Waals surface area contributed by atoms with E-state index < -0.39 is 48.0 Å². The molecule has 0 aromatic heterocycles. The van der Waals surface area contributed by atoms with Crippen LogP contribution in [0.1, 0.15) is 60.2 Å². The summed E-state index contributed by atoms with van der Waals surface area (Å²) in [5.41, 5.74) is -0.361. The lowest BCUT2D eigenvalue weighted by Crippen LogP contribution is -2.53. The minimum absolute atomic E-state index is 0.00327. The quantitative estimate of drug-likeness (QED) is 0.258. The largest absolute Gasteiger partial charge is 0.493 e. The first kappa shape index (κ1) is 32.8. The summed E-state index contributed by atoms with van der Waals surface area (Å²) in [4.78, 5) is 75.2. The molecule has 0 spiro atoms. The van der Waals surface area contributed by atoms with Crippen LogP contribution < -0.4 is 24.3 Å². The Morgan fingerprint density at radius 2 is 1.24 bits per heavy atom. The van der Waals surface area contributed by atoms with Crippen molar-refractivity contribution < 1.29 is 62.3 Å². The molecule has 0 aliphatic heterocycles. The SMILES string of the molecule is COc1cc(C(=O)O[C@H](C(=O)O)[C@@H](OC(=O)c2ccc(OC(C)=O)c(OC)c2)C(=O)N[C@H]2C[C@H]3CC[C@H]2C3)ccc1OC(C)=O. The van der Waals surface area contributed by atoms with Crippen molar-refractivity contribution in [2.24, 2.45) is 11.8 Å². The number of rotatable bonds is 12. The van der Waals surface area contributed by atoms with Crippen LogP contribution in [0.3, 0.4) is 0 Å². The molecule has 2 aromatic rings. The summed E-state index contributed by atoms with van der Waals surface area (Å²) in [6.45, 7) is 2.35. The minimum Gasteiger partial charge on any atom is -0.493 e. The second kappa shape index (κ2) is 14.1. The van der Waals surface area contributed by atoms with Crippen LogP contribution in [0.2, 0.25) is 0 Å². The number of hydrogen-bond acceptors (Lipinski definition) is 12. The zero-order chi connectivity index (χ0) is 32.8. The lowest BCUT2D eigenvalue weighted by molar-refractivity contribution is -0.159. The van der Waals surface area contributed by atoms with E-state index >= 15 is 0 Å². The molecule has 2 bridgehead atoms. The van der Waals surface area contributed by atoms with E-state index in [-0.39, 0.29) is 46.1 Å². The Kier molecular flexibility index (Phi) is 10.3. The van der Waals surface area contributed by atoms with Crippen molar-refractivity contribution in [3.63, 3.8) is 0 Å². The van der Waals surface area contributed by atoms with Crippen molar-refractivity contribution in [1.82, 2.24) is 5.32 Å². The number of aliphatic carboxylic acids is 1. The van der Waals surface area contributed by atoms with Crippen LogP contribution in [0.25, 0.3) is 0 Å². The summed E-state index contributed by atoms with van der Waals surface area (Å²) in [5.74, 6) is -5.67. The molecule has 0 saturated heterocycles. The maximum absolute atomic E-state index is 13.6. The number of fused-ring (bicyclic) bond motifs is 2. The van der Waals surface area contributed by atoms with Gasteiger partial charge in [0.25, 0.3) is 5.91 Å². The molecule has 2 N–H and O–H groups in total. The highest BCUT2D eigenvalue weighted by atomic mass is 16.6. The van der Waals surface area contributed by atoms with Gasteiger partial charge in [0, 0.05) is 19.9 Å². The fourth-order valence-corrected chi connectivity index (χ4v) is 5.62. The standard InChI is InChI=1S/C31H33NO13/c1-15(33)42-22-9-7-19(13-24(22)40-3)30(38)44-26(28(35)32-21-12-17-5-6-18(21)11-17)27(29(36)37)45-31(39)20-8-10-23(43-16(2)34)25(14-20)41-4/h7-10,13-14,17-18,21,26-27H,5-6,11-12H2,1-4H3,(H,32,35)(H,36,37)/t17-,18-,21-,26+,27-/m0/s1. The average Bonchev–Trinajstić information content (AvgIpc) is 3.62. The first-order chi connectivity index (χ1) is 21.4. The van der Waals surface area contributed by atoms with E-state index in [9.17, 15) is 33.9 Å². The maximum atomic E-state index is 13.6. The fraction of sp³-hybridized carbons (Fsp3) is 0.419. The zero-order valence-electron chi connectivity index (χ0n) is 25.0. The van der Waals surface area contributed by atoms with E-state index in [0.717, 1.165) is 25.3 Å². The predicted molar refractivity (Wildman–Crippen MR) is 152 cm³/mol. The molecule has 2 aliphatic rings. The first-order valence-corrected chi connectivity index (χ1v) is 14.1. The Bertz CT molecular complexity index is 1500. The number of nitrogens with one attached hydrogen (secondary N) is 1. The van der Waals surface area contributed by atoms with Gasteiger partial charge in [-0.05, 0) is 67.5 Å². The molecule has 1 amide bonds. The van der Waals surface area contributed by atoms with Crippen LogP contribution in [0.15, 0.2) is 36.4 Å². The van der Waals surface area contributed by atoms with Gasteiger partial charge < -0.3 is 38.8 Å². The van der Waals surface area contributed by atoms with E-state index in [1.165, 1.54) is 58.4 Å². The number of hydrogen-bond donors (Lipinski definition) is 2. The highest BCUT2D eigenvalue weighted by molar-refractivity contribution is 5.97. The third kappa shape index (κ3) is 7.88. The van der Waals surface area contributed by atoms with Crippen molar-refractivity contribution in [2.45, 2.75) is 57.8 Å². The average molecular weight is 628 g/mol. The number of carboxylic acid groups (broad SMARTS) is 1. The molecule has 14 nitrogen and oxygen atoms in total. The third-order valence-electron chi connectivity index (χ3n) is 7.62. The Labute approximate surface area is 257 Å². The molecule has 2 fully saturated rings. The van der Waals surface area contributed by atoms with E-state index in [1.54, 1.807) is 0 Å². The highest BCUT2D eigenvalue weighted by Crippen LogP contribution is 2.44. The molecular weight excluding hydrogens is 594 g/mol. The van der Waals surface area contributed by atoms with E-state index in [1.807, 2.05) is 0 Å². The fourth-order valence-electron chi connectivity index (χ4n) is 5.62. The first-order valence-electron chi connectivity index (χ1n) is 14.1. The van der Waals surface area contributed by atoms with Crippen LogP contribution in [0.4, 0.5) is 0 Å². The smallest absolute Gasteiger partial charge is 0.349 e. The molecule has 14 heteroatoms. The summed E-state index contributed by atoms with van der Waals surface area (Å²) >= 11 is 0. The van der Waals surface area contributed by atoms with E-state index in [0.29, 0.717) is 12.3 Å². The Hall–Kier alpha value is -5.14. The van der Waals surface area contributed by atoms with Crippen molar-refractivity contribution in [3.8, 4) is 23.0 Å². The Morgan fingerprint density at radius 3 is 1.64 bits per heavy atom. The number of amides is 1. The molecule has 45 heavy (non-hydrogen) atoms. The van der Waals surface area contributed by atoms with Crippen molar-refractivity contribution in [2.75, 3.05) is 14.2 Å². The van der Waals surface area contributed by atoms with Crippen molar-refractivity contribution >= 4 is 35.8 Å². The van der Waals surface area contributed by atoms with Crippen molar-refractivity contribution in [3.05, 3.63) is 47.5 Å². The number of benzene rings is 2. The zero-order valence-corrected chi connectivity index (χ0v) is 25.0. The molecule has 5 atom stereocenters.